The second-order valence-electron chi connectivity index (χ2n) is 5.46. The van der Waals surface area contributed by atoms with Crippen molar-refractivity contribution in [3.05, 3.63) is 64.2 Å². The first-order valence-corrected chi connectivity index (χ1v) is 7.13. The fraction of sp³-hybridized carbons (Fsp3) is 0.222. The van der Waals surface area contributed by atoms with Gasteiger partial charge in [0.05, 0.1) is 12.6 Å². The first-order valence-electron chi connectivity index (χ1n) is 7.13. The molecular weight excluding hydrogens is 276 g/mol. The Kier molecular flexibility index (Phi) is 4.94. The number of hydrazone groups is 1. The predicted octanol–water partition coefficient (Wildman–Crippen LogP) is 3.01. The molecular formula is C18H20N2O2. The van der Waals surface area contributed by atoms with Crippen LogP contribution in [-0.4, -0.2) is 17.2 Å². The molecule has 4 heteroatoms. The number of hydrogen-bond donors (Lipinski definition) is 2. The van der Waals surface area contributed by atoms with E-state index in [2.05, 4.69) is 16.6 Å². The van der Waals surface area contributed by atoms with Crippen LogP contribution >= 0.6 is 0 Å². The molecule has 0 fully saturated rings. The zero-order valence-electron chi connectivity index (χ0n) is 13.1. The monoisotopic (exact) mass is 296 g/mol. The summed E-state index contributed by atoms with van der Waals surface area (Å²) in [5.74, 6) is -0.0478. The number of rotatable bonds is 4. The van der Waals surface area contributed by atoms with Crippen molar-refractivity contribution in [2.24, 2.45) is 5.10 Å². The molecule has 2 aromatic carbocycles. The number of benzene rings is 2. The number of phenols is 1. The van der Waals surface area contributed by atoms with Gasteiger partial charge in [-0.1, -0.05) is 35.4 Å². The van der Waals surface area contributed by atoms with Crippen molar-refractivity contribution >= 4 is 12.1 Å². The Balaban J connectivity index is 1.98. The van der Waals surface area contributed by atoms with E-state index in [-0.39, 0.29) is 18.1 Å². The highest BCUT2D eigenvalue weighted by molar-refractivity contribution is 5.85. The van der Waals surface area contributed by atoms with E-state index in [1.165, 1.54) is 11.8 Å². The maximum Gasteiger partial charge on any atom is 0.244 e. The smallest absolute Gasteiger partial charge is 0.244 e. The zero-order valence-corrected chi connectivity index (χ0v) is 13.1. The van der Waals surface area contributed by atoms with E-state index >= 15 is 0 Å². The molecule has 0 aliphatic rings. The molecule has 0 saturated carbocycles. The van der Waals surface area contributed by atoms with Crippen molar-refractivity contribution < 1.29 is 9.90 Å². The summed E-state index contributed by atoms with van der Waals surface area (Å²) in [5.41, 5.74) is 7.33. The summed E-state index contributed by atoms with van der Waals surface area (Å²) in [7, 11) is 0. The fourth-order valence-electron chi connectivity index (χ4n) is 2.21. The number of hydrogen-bond acceptors (Lipinski definition) is 3. The van der Waals surface area contributed by atoms with E-state index in [1.54, 1.807) is 12.1 Å². The van der Waals surface area contributed by atoms with Gasteiger partial charge in [-0.15, -0.1) is 0 Å². The average Bonchev–Trinajstić information content (AvgIpc) is 2.46. The van der Waals surface area contributed by atoms with E-state index in [9.17, 15) is 9.90 Å². The maximum absolute atomic E-state index is 11.9. The number of amides is 1. The van der Waals surface area contributed by atoms with Crippen molar-refractivity contribution in [2.45, 2.75) is 27.2 Å². The summed E-state index contributed by atoms with van der Waals surface area (Å²) in [6, 6.07) is 11.2. The Morgan fingerprint density at radius 1 is 1.14 bits per heavy atom. The van der Waals surface area contributed by atoms with E-state index in [4.69, 9.17) is 0 Å². The maximum atomic E-state index is 11.9. The van der Waals surface area contributed by atoms with Crippen LogP contribution in [0.5, 0.6) is 5.75 Å². The number of aromatic hydroxyl groups is 1. The highest BCUT2D eigenvalue weighted by Gasteiger charge is 2.05. The molecule has 2 N–H and O–H groups in total. The topological polar surface area (TPSA) is 61.7 Å². The van der Waals surface area contributed by atoms with Crippen molar-refractivity contribution in [1.82, 2.24) is 5.43 Å². The summed E-state index contributed by atoms with van der Waals surface area (Å²) in [4.78, 5) is 11.9. The Morgan fingerprint density at radius 2 is 1.82 bits per heavy atom. The number of nitrogens with one attached hydrogen (secondary N) is 1. The van der Waals surface area contributed by atoms with Gasteiger partial charge in [0.15, 0.2) is 0 Å². The summed E-state index contributed by atoms with van der Waals surface area (Å²) in [6.45, 7) is 5.94. The molecule has 0 aliphatic heterocycles. The molecule has 0 unspecified atom stereocenters. The zero-order chi connectivity index (χ0) is 16.1. The third-order valence-corrected chi connectivity index (χ3v) is 3.43. The highest BCUT2D eigenvalue weighted by atomic mass is 16.3. The molecule has 2 aromatic rings. The second-order valence-corrected chi connectivity index (χ2v) is 5.46. The number of carbonyl (C=O) groups is 1. The Bertz CT molecular complexity index is 721. The molecule has 22 heavy (non-hydrogen) atoms. The van der Waals surface area contributed by atoms with Crippen LogP contribution in [0.1, 0.15) is 27.8 Å². The van der Waals surface area contributed by atoms with Crippen LogP contribution in [0.15, 0.2) is 41.5 Å². The molecule has 0 spiro atoms. The molecule has 2 rings (SSSR count). The Labute approximate surface area is 130 Å². The van der Waals surface area contributed by atoms with Gasteiger partial charge in [0.2, 0.25) is 5.91 Å². The molecule has 114 valence electrons. The minimum Gasteiger partial charge on any atom is -0.507 e. The van der Waals surface area contributed by atoms with Crippen molar-refractivity contribution in [3.63, 3.8) is 0 Å². The van der Waals surface area contributed by atoms with Crippen molar-refractivity contribution in [2.75, 3.05) is 0 Å². The van der Waals surface area contributed by atoms with Gasteiger partial charge in [-0.2, -0.15) is 5.10 Å². The number of phenolic OH excluding ortho intramolecular Hbond substituents is 1. The van der Waals surface area contributed by atoms with Crippen LogP contribution < -0.4 is 5.43 Å². The van der Waals surface area contributed by atoms with Crippen LogP contribution in [0, 0.1) is 20.8 Å². The lowest BCUT2D eigenvalue weighted by Crippen LogP contribution is -2.20. The van der Waals surface area contributed by atoms with Crippen LogP contribution in [0.2, 0.25) is 0 Å². The number of nitrogens with zero attached hydrogens (tertiary/aromatic N) is 1. The average molecular weight is 296 g/mol. The molecule has 0 aliphatic carbocycles. The van der Waals surface area contributed by atoms with Gasteiger partial charge in [-0.05, 0) is 44.0 Å². The first-order chi connectivity index (χ1) is 10.5. The molecule has 0 saturated heterocycles. The van der Waals surface area contributed by atoms with Gasteiger partial charge < -0.3 is 5.11 Å². The summed E-state index contributed by atoms with van der Waals surface area (Å²) in [5, 5.41) is 13.6. The Hall–Kier alpha value is -2.62. The second kappa shape index (κ2) is 6.89. The standard InChI is InChI=1S/C18H20N2O2/c1-12-4-6-15(14(3)8-12)10-18(22)20-19-11-16-9-13(2)5-7-17(16)21/h4-9,11,21H,10H2,1-3H3,(H,20,22)/b19-11+. The van der Waals surface area contributed by atoms with Crippen molar-refractivity contribution in [1.29, 1.82) is 0 Å². The molecule has 1 amide bonds. The summed E-state index contributed by atoms with van der Waals surface area (Å²) < 4.78 is 0. The lowest BCUT2D eigenvalue weighted by molar-refractivity contribution is -0.120. The first kappa shape index (κ1) is 15.8. The summed E-state index contributed by atoms with van der Waals surface area (Å²) >= 11 is 0. The van der Waals surface area contributed by atoms with E-state index in [1.807, 2.05) is 39.0 Å². The van der Waals surface area contributed by atoms with Gasteiger partial charge in [0.25, 0.3) is 0 Å². The van der Waals surface area contributed by atoms with Gasteiger partial charge >= 0.3 is 0 Å². The van der Waals surface area contributed by atoms with Gasteiger partial charge in [-0.25, -0.2) is 5.43 Å². The van der Waals surface area contributed by atoms with Crippen molar-refractivity contribution in [3.8, 4) is 5.75 Å². The predicted molar refractivity (Wildman–Crippen MR) is 88.2 cm³/mol. The lowest BCUT2D eigenvalue weighted by Gasteiger charge is -2.06. The third-order valence-electron chi connectivity index (χ3n) is 3.43. The van der Waals surface area contributed by atoms with Crippen LogP contribution in [0.4, 0.5) is 0 Å². The quantitative estimate of drug-likeness (QED) is 0.673. The molecule has 0 radical (unpaired) electrons. The van der Waals surface area contributed by atoms with E-state index in [0.29, 0.717) is 5.56 Å². The van der Waals surface area contributed by atoms with E-state index < -0.39 is 0 Å². The van der Waals surface area contributed by atoms with E-state index in [0.717, 1.165) is 16.7 Å². The Morgan fingerprint density at radius 3 is 2.55 bits per heavy atom. The number of carbonyl (C=O) groups excluding carboxylic acids is 1. The molecule has 0 atom stereocenters. The molecule has 0 heterocycles. The minimum absolute atomic E-state index is 0.137. The van der Waals surface area contributed by atoms with Gasteiger partial charge in [0.1, 0.15) is 5.75 Å². The normalized spacial score (nSPS) is 10.9. The van der Waals surface area contributed by atoms with Gasteiger partial charge in [-0.3, -0.25) is 4.79 Å². The molecule has 0 bridgehead atoms. The number of aryl methyl sites for hydroxylation is 3. The van der Waals surface area contributed by atoms with Crippen LogP contribution in [-0.2, 0) is 11.2 Å². The lowest BCUT2D eigenvalue weighted by atomic mass is 10.0. The third kappa shape index (κ3) is 4.19. The van der Waals surface area contributed by atoms with Gasteiger partial charge in [0, 0.05) is 5.56 Å². The summed E-state index contributed by atoms with van der Waals surface area (Å²) in [6.07, 6.45) is 1.73. The van der Waals surface area contributed by atoms with Crippen LogP contribution in [0.3, 0.4) is 0 Å². The molecule has 4 nitrogen and oxygen atoms in total. The largest absolute Gasteiger partial charge is 0.507 e. The highest BCUT2D eigenvalue weighted by Crippen LogP contribution is 2.15. The minimum atomic E-state index is -0.185. The fourth-order valence-corrected chi connectivity index (χ4v) is 2.21. The van der Waals surface area contributed by atoms with Crippen LogP contribution in [0.25, 0.3) is 0 Å². The SMILES string of the molecule is Cc1ccc(CC(=O)N/N=C/c2cc(C)ccc2O)c(C)c1. The molecule has 0 aromatic heterocycles.